The SMILES string of the molecule is Cc1csc(NNCc2ccc3c(c2)OCO3)n1. The van der Waals surface area contributed by atoms with Crippen LogP contribution in [0.1, 0.15) is 11.3 Å². The van der Waals surface area contributed by atoms with Crippen LogP contribution in [0.5, 0.6) is 11.5 Å². The predicted molar refractivity (Wildman–Crippen MR) is 69.9 cm³/mol. The van der Waals surface area contributed by atoms with Gasteiger partial charge in [0.2, 0.25) is 6.79 Å². The molecule has 2 aromatic rings. The van der Waals surface area contributed by atoms with Gasteiger partial charge in [-0.2, -0.15) is 0 Å². The third-order valence-corrected chi connectivity index (χ3v) is 3.42. The maximum absolute atomic E-state index is 5.33. The van der Waals surface area contributed by atoms with E-state index in [2.05, 4.69) is 15.8 Å². The van der Waals surface area contributed by atoms with Crippen molar-refractivity contribution in [2.75, 3.05) is 12.2 Å². The number of aromatic nitrogens is 1. The molecular formula is C12H13N3O2S. The highest BCUT2D eigenvalue weighted by molar-refractivity contribution is 7.13. The van der Waals surface area contributed by atoms with Gasteiger partial charge in [0.15, 0.2) is 16.6 Å². The quantitative estimate of drug-likeness (QED) is 0.829. The Kier molecular flexibility index (Phi) is 3.04. The van der Waals surface area contributed by atoms with E-state index in [-0.39, 0.29) is 0 Å². The average molecular weight is 263 g/mol. The lowest BCUT2D eigenvalue weighted by Crippen LogP contribution is -2.20. The number of hydrazine groups is 1. The summed E-state index contributed by atoms with van der Waals surface area (Å²) in [6, 6.07) is 5.91. The molecule has 0 atom stereocenters. The van der Waals surface area contributed by atoms with Crippen molar-refractivity contribution in [1.82, 2.24) is 10.4 Å². The highest BCUT2D eigenvalue weighted by atomic mass is 32.1. The van der Waals surface area contributed by atoms with Gasteiger partial charge in [-0.25, -0.2) is 10.4 Å². The molecule has 1 aromatic carbocycles. The van der Waals surface area contributed by atoms with Crippen molar-refractivity contribution in [3.63, 3.8) is 0 Å². The summed E-state index contributed by atoms with van der Waals surface area (Å²) in [6.07, 6.45) is 0. The summed E-state index contributed by atoms with van der Waals surface area (Å²) < 4.78 is 10.6. The van der Waals surface area contributed by atoms with E-state index in [0.717, 1.165) is 27.9 Å². The summed E-state index contributed by atoms with van der Waals surface area (Å²) in [5.74, 6) is 1.61. The predicted octanol–water partition coefficient (Wildman–Crippen LogP) is 2.30. The molecule has 1 aliphatic rings. The molecule has 2 N–H and O–H groups in total. The minimum Gasteiger partial charge on any atom is -0.454 e. The molecule has 0 radical (unpaired) electrons. The third-order valence-electron chi connectivity index (χ3n) is 2.54. The number of rotatable bonds is 4. The van der Waals surface area contributed by atoms with Gasteiger partial charge < -0.3 is 9.47 Å². The maximum Gasteiger partial charge on any atom is 0.231 e. The molecule has 6 heteroatoms. The van der Waals surface area contributed by atoms with Gasteiger partial charge in [-0.05, 0) is 24.6 Å². The Bertz CT molecular complexity index is 556. The number of aryl methyl sites for hydroxylation is 1. The molecule has 3 rings (SSSR count). The Morgan fingerprint density at radius 1 is 1.33 bits per heavy atom. The largest absolute Gasteiger partial charge is 0.454 e. The van der Waals surface area contributed by atoms with Gasteiger partial charge in [0.05, 0.1) is 5.69 Å². The number of thiazole rings is 1. The van der Waals surface area contributed by atoms with Crippen LogP contribution >= 0.6 is 11.3 Å². The molecule has 94 valence electrons. The Morgan fingerprint density at radius 3 is 3.06 bits per heavy atom. The zero-order valence-corrected chi connectivity index (χ0v) is 10.7. The van der Waals surface area contributed by atoms with E-state index in [9.17, 15) is 0 Å². The van der Waals surface area contributed by atoms with Crippen LogP contribution in [0.4, 0.5) is 5.13 Å². The number of hydrogen-bond acceptors (Lipinski definition) is 6. The van der Waals surface area contributed by atoms with E-state index in [1.54, 1.807) is 11.3 Å². The van der Waals surface area contributed by atoms with Gasteiger partial charge in [0, 0.05) is 11.9 Å². The topological polar surface area (TPSA) is 55.4 Å². The summed E-state index contributed by atoms with van der Waals surface area (Å²) in [5.41, 5.74) is 8.34. The van der Waals surface area contributed by atoms with E-state index < -0.39 is 0 Å². The number of hydrogen-bond donors (Lipinski definition) is 2. The van der Waals surface area contributed by atoms with Crippen LogP contribution in [0.3, 0.4) is 0 Å². The zero-order chi connectivity index (χ0) is 12.4. The summed E-state index contributed by atoms with van der Waals surface area (Å²) in [5, 5.41) is 2.87. The summed E-state index contributed by atoms with van der Waals surface area (Å²) in [4.78, 5) is 4.30. The van der Waals surface area contributed by atoms with Gasteiger partial charge in [0.25, 0.3) is 0 Å². The zero-order valence-electron chi connectivity index (χ0n) is 9.90. The van der Waals surface area contributed by atoms with Crippen molar-refractivity contribution in [2.45, 2.75) is 13.5 Å². The average Bonchev–Trinajstić information content (AvgIpc) is 2.97. The number of ether oxygens (including phenoxy) is 2. The van der Waals surface area contributed by atoms with Gasteiger partial charge in [0.1, 0.15) is 0 Å². The third kappa shape index (κ3) is 2.39. The van der Waals surface area contributed by atoms with Crippen molar-refractivity contribution < 1.29 is 9.47 Å². The van der Waals surface area contributed by atoms with E-state index in [1.807, 2.05) is 30.5 Å². The van der Waals surface area contributed by atoms with Crippen LogP contribution in [0, 0.1) is 6.92 Å². The first-order valence-electron chi connectivity index (χ1n) is 5.61. The molecule has 0 fully saturated rings. The second kappa shape index (κ2) is 4.83. The number of anilines is 1. The number of fused-ring (bicyclic) bond motifs is 1. The van der Waals surface area contributed by atoms with E-state index >= 15 is 0 Å². The van der Waals surface area contributed by atoms with Crippen molar-refractivity contribution >= 4 is 16.5 Å². The first-order chi connectivity index (χ1) is 8.81. The summed E-state index contributed by atoms with van der Waals surface area (Å²) in [7, 11) is 0. The lowest BCUT2D eigenvalue weighted by Gasteiger charge is -2.06. The fraction of sp³-hybridized carbons (Fsp3) is 0.250. The van der Waals surface area contributed by atoms with Crippen LogP contribution in [-0.4, -0.2) is 11.8 Å². The Hall–Kier alpha value is -1.79. The van der Waals surface area contributed by atoms with Crippen LogP contribution < -0.4 is 20.3 Å². The van der Waals surface area contributed by atoms with Crippen LogP contribution in [0.25, 0.3) is 0 Å². The second-order valence-corrected chi connectivity index (χ2v) is 4.82. The molecule has 0 spiro atoms. The second-order valence-electron chi connectivity index (χ2n) is 3.96. The normalized spacial score (nSPS) is 12.7. The van der Waals surface area contributed by atoms with Gasteiger partial charge in [-0.3, -0.25) is 5.43 Å². The molecule has 1 aliphatic heterocycles. The first kappa shape index (κ1) is 11.3. The van der Waals surface area contributed by atoms with Crippen molar-refractivity contribution in [2.24, 2.45) is 0 Å². The Balaban J connectivity index is 1.57. The van der Waals surface area contributed by atoms with E-state index in [0.29, 0.717) is 13.3 Å². The fourth-order valence-electron chi connectivity index (χ4n) is 1.68. The standard InChI is InChI=1S/C12H13N3O2S/c1-8-6-18-12(14-8)15-13-5-9-2-3-10-11(4-9)17-7-16-10/h2-4,6,13H,5,7H2,1H3,(H,14,15). The monoisotopic (exact) mass is 263 g/mol. The molecule has 0 saturated heterocycles. The molecule has 5 nitrogen and oxygen atoms in total. The molecule has 0 bridgehead atoms. The molecule has 0 amide bonds. The minimum atomic E-state index is 0.308. The highest BCUT2D eigenvalue weighted by Crippen LogP contribution is 2.32. The maximum atomic E-state index is 5.33. The molecular weight excluding hydrogens is 250 g/mol. The highest BCUT2D eigenvalue weighted by Gasteiger charge is 2.12. The van der Waals surface area contributed by atoms with E-state index in [4.69, 9.17) is 9.47 Å². The lowest BCUT2D eigenvalue weighted by atomic mass is 10.2. The molecule has 1 aromatic heterocycles. The van der Waals surface area contributed by atoms with Crippen LogP contribution in [-0.2, 0) is 6.54 Å². The fourth-order valence-corrected chi connectivity index (χ4v) is 2.35. The Labute approximate surface area is 109 Å². The lowest BCUT2D eigenvalue weighted by molar-refractivity contribution is 0.174. The minimum absolute atomic E-state index is 0.308. The van der Waals surface area contributed by atoms with Gasteiger partial charge in [-0.15, -0.1) is 11.3 Å². The Morgan fingerprint density at radius 2 is 2.22 bits per heavy atom. The molecule has 0 unspecified atom stereocenters. The van der Waals surface area contributed by atoms with Crippen molar-refractivity contribution in [3.05, 3.63) is 34.8 Å². The smallest absolute Gasteiger partial charge is 0.231 e. The van der Waals surface area contributed by atoms with Crippen LogP contribution in [0.2, 0.25) is 0 Å². The molecule has 0 saturated carbocycles. The first-order valence-corrected chi connectivity index (χ1v) is 6.49. The number of nitrogens with zero attached hydrogens (tertiary/aromatic N) is 1. The number of nitrogens with one attached hydrogen (secondary N) is 2. The summed E-state index contributed by atoms with van der Waals surface area (Å²) >= 11 is 1.58. The van der Waals surface area contributed by atoms with Gasteiger partial charge >= 0.3 is 0 Å². The molecule has 0 aliphatic carbocycles. The van der Waals surface area contributed by atoms with Crippen molar-refractivity contribution in [3.8, 4) is 11.5 Å². The molecule has 2 heterocycles. The van der Waals surface area contributed by atoms with E-state index in [1.165, 1.54) is 0 Å². The number of benzene rings is 1. The molecule has 18 heavy (non-hydrogen) atoms. The van der Waals surface area contributed by atoms with Crippen LogP contribution in [0.15, 0.2) is 23.6 Å². The van der Waals surface area contributed by atoms with Crippen molar-refractivity contribution in [1.29, 1.82) is 0 Å². The summed E-state index contributed by atoms with van der Waals surface area (Å²) in [6.45, 7) is 2.97. The van der Waals surface area contributed by atoms with Gasteiger partial charge in [-0.1, -0.05) is 6.07 Å².